The van der Waals surface area contributed by atoms with E-state index in [1.807, 2.05) is 31.2 Å². The minimum atomic E-state index is -0.294. The van der Waals surface area contributed by atoms with Crippen LogP contribution >= 0.6 is 11.6 Å². The lowest BCUT2D eigenvalue weighted by molar-refractivity contribution is 0.0951. The Morgan fingerprint density at radius 2 is 1.71 bits per heavy atom. The molecule has 0 aliphatic heterocycles. The Kier molecular flexibility index (Phi) is 7.31. The molecule has 31 heavy (non-hydrogen) atoms. The summed E-state index contributed by atoms with van der Waals surface area (Å²) in [4.78, 5) is 24.6. The standard InChI is InChI=1S/C23H25ClN4O3/c1-15-7-9-17(10-8-15)14-28-21(24)20(16(2)27-28)23(31)26-12-4-11-25-22(30)18-5-3-6-19(29)13-18/h3,5-10,13,29H,4,11-12,14H2,1-2H3,(H,25,30)(H,26,31). The van der Waals surface area contributed by atoms with E-state index in [-0.39, 0.29) is 17.6 Å². The summed E-state index contributed by atoms with van der Waals surface area (Å²) in [6.45, 7) is 5.01. The highest BCUT2D eigenvalue weighted by Crippen LogP contribution is 2.21. The van der Waals surface area contributed by atoms with Gasteiger partial charge < -0.3 is 15.7 Å². The fourth-order valence-corrected chi connectivity index (χ4v) is 3.43. The number of phenolic OH excluding ortho intramolecular Hbond substituents is 1. The highest BCUT2D eigenvalue weighted by atomic mass is 35.5. The van der Waals surface area contributed by atoms with E-state index in [9.17, 15) is 14.7 Å². The van der Waals surface area contributed by atoms with E-state index < -0.39 is 0 Å². The molecule has 0 radical (unpaired) electrons. The first-order valence-corrected chi connectivity index (χ1v) is 10.4. The highest BCUT2D eigenvalue weighted by molar-refractivity contribution is 6.33. The van der Waals surface area contributed by atoms with E-state index in [0.29, 0.717) is 48.0 Å². The Hall–Kier alpha value is -3.32. The second-order valence-corrected chi connectivity index (χ2v) is 7.67. The Bertz CT molecular complexity index is 1080. The second kappa shape index (κ2) is 10.1. The predicted octanol–water partition coefficient (Wildman–Crippen LogP) is 3.46. The van der Waals surface area contributed by atoms with Crippen molar-refractivity contribution in [3.05, 3.63) is 81.6 Å². The van der Waals surface area contributed by atoms with Gasteiger partial charge in [0, 0.05) is 18.7 Å². The van der Waals surface area contributed by atoms with Crippen LogP contribution in [-0.4, -0.2) is 39.8 Å². The van der Waals surface area contributed by atoms with Gasteiger partial charge in [-0.2, -0.15) is 5.10 Å². The molecular weight excluding hydrogens is 416 g/mol. The van der Waals surface area contributed by atoms with Crippen molar-refractivity contribution in [3.63, 3.8) is 0 Å². The molecule has 0 aliphatic rings. The van der Waals surface area contributed by atoms with Gasteiger partial charge in [0.1, 0.15) is 10.9 Å². The van der Waals surface area contributed by atoms with Gasteiger partial charge in [-0.15, -0.1) is 0 Å². The van der Waals surface area contributed by atoms with Crippen molar-refractivity contribution in [1.29, 1.82) is 0 Å². The SMILES string of the molecule is Cc1ccc(Cn2nc(C)c(C(=O)NCCCNC(=O)c3cccc(O)c3)c2Cl)cc1. The largest absolute Gasteiger partial charge is 0.508 e. The molecule has 2 aromatic carbocycles. The third-order valence-corrected chi connectivity index (χ3v) is 5.16. The Morgan fingerprint density at radius 3 is 2.39 bits per heavy atom. The maximum absolute atomic E-state index is 12.6. The first-order chi connectivity index (χ1) is 14.8. The van der Waals surface area contributed by atoms with Crippen LogP contribution in [0, 0.1) is 13.8 Å². The minimum Gasteiger partial charge on any atom is -0.508 e. The number of aryl methyl sites for hydroxylation is 2. The van der Waals surface area contributed by atoms with E-state index >= 15 is 0 Å². The summed E-state index contributed by atoms with van der Waals surface area (Å²) in [6, 6.07) is 14.2. The fraction of sp³-hybridized carbons (Fsp3) is 0.261. The lowest BCUT2D eigenvalue weighted by atomic mass is 10.1. The number of aromatic hydroxyl groups is 1. The maximum Gasteiger partial charge on any atom is 0.256 e. The van der Waals surface area contributed by atoms with Gasteiger partial charge in [0.2, 0.25) is 0 Å². The number of carbonyl (C=O) groups excluding carboxylic acids is 2. The summed E-state index contributed by atoms with van der Waals surface area (Å²) in [5.41, 5.74) is 3.52. The third kappa shape index (κ3) is 5.86. The van der Waals surface area contributed by atoms with Crippen LogP contribution in [0.25, 0.3) is 0 Å². The van der Waals surface area contributed by atoms with E-state index in [2.05, 4.69) is 15.7 Å². The molecule has 7 nitrogen and oxygen atoms in total. The molecule has 3 N–H and O–H groups in total. The smallest absolute Gasteiger partial charge is 0.256 e. The van der Waals surface area contributed by atoms with Crippen LogP contribution in [0.1, 0.15) is 44.0 Å². The molecule has 0 bridgehead atoms. The van der Waals surface area contributed by atoms with Crippen LogP contribution in [0.2, 0.25) is 5.15 Å². The van der Waals surface area contributed by atoms with Crippen LogP contribution in [0.3, 0.4) is 0 Å². The number of hydrogen-bond donors (Lipinski definition) is 3. The number of carbonyl (C=O) groups is 2. The van der Waals surface area contributed by atoms with Gasteiger partial charge in [-0.1, -0.05) is 47.5 Å². The number of rotatable bonds is 8. The number of aromatic nitrogens is 2. The average molecular weight is 441 g/mol. The molecule has 0 atom stereocenters. The normalized spacial score (nSPS) is 10.7. The zero-order chi connectivity index (χ0) is 22.4. The molecule has 0 spiro atoms. The van der Waals surface area contributed by atoms with Gasteiger partial charge in [-0.05, 0) is 44.0 Å². The van der Waals surface area contributed by atoms with Crippen LogP contribution in [0.4, 0.5) is 0 Å². The molecule has 8 heteroatoms. The van der Waals surface area contributed by atoms with E-state index in [4.69, 9.17) is 11.6 Å². The van der Waals surface area contributed by atoms with E-state index in [0.717, 1.165) is 5.56 Å². The third-order valence-electron chi connectivity index (χ3n) is 4.78. The maximum atomic E-state index is 12.6. The van der Waals surface area contributed by atoms with Crippen molar-refractivity contribution in [2.24, 2.45) is 0 Å². The zero-order valence-electron chi connectivity index (χ0n) is 17.5. The van der Waals surface area contributed by atoms with Gasteiger partial charge in [-0.3, -0.25) is 9.59 Å². The van der Waals surface area contributed by atoms with Gasteiger partial charge in [0.15, 0.2) is 0 Å². The monoisotopic (exact) mass is 440 g/mol. The van der Waals surface area contributed by atoms with Crippen molar-refractivity contribution in [3.8, 4) is 5.75 Å². The highest BCUT2D eigenvalue weighted by Gasteiger charge is 2.20. The molecule has 0 saturated heterocycles. The van der Waals surface area contributed by atoms with Gasteiger partial charge in [-0.25, -0.2) is 4.68 Å². The number of benzene rings is 2. The Morgan fingerprint density at radius 1 is 1.03 bits per heavy atom. The molecule has 1 heterocycles. The van der Waals surface area contributed by atoms with Crippen molar-refractivity contribution < 1.29 is 14.7 Å². The number of halogens is 1. The summed E-state index contributed by atoms with van der Waals surface area (Å²) in [6.07, 6.45) is 0.546. The fourth-order valence-electron chi connectivity index (χ4n) is 3.11. The van der Waals surface area contributed by atoms with Crippen LogP contribution in [0.15, 0.2) is 48.5 Å². The molecule has 0 aliphatic carbocycles. The average Bonchev–Trinajstić information content (AvgIpc) is 3.02. The number of nitrogens with one attached hydrogen (secondary N) is 2. The number of nitrogens with zero attached hydrogens (tertiary/aromatic N) is 2. The molecule has 2 amide bonds. The summed E-state index contributed by atoms with van der Waals surface area (Å²) in [5.74, 6) is -0.537. The van der Waals surface area contributed by atoms with Crippen molar-refractivity contribution in [1.82, 2.24) is 20.4 Å². The molecular formula is C23H25ClN4O3. The molecule has 3 aromatic rings. The quantitative estimate of drug-likeness (QED) is 0.467. The summed E-state index contributed by atoms with van der Waals surface area (Å²) in [5, 5.41) is 19.7. The summed E-state index contributed by atoms with van der Waals surface area (Å²) in [7, 11) is 0. The zero-order valence-corrected chi connectivity index (χ0v) is 18.2. The molecule has 0 unspecified atom stereocenters. The van der Waals surface area contributed by atoms with Crippen molar-refractivity contribution in [2.75, 3.05) is 13.1 Å². The summed E-state index contributed by atoms with van der Waals surface area (Å²) < 4.78 is 1.62. The van der Waals surface area contributed by atoms with Crippen LogP contribution < -0.4 is 10.6 Å². The molecule has 0 fully saturated rings. The predicted molar refractivity (Wildman–Crippen MR) is 120 cm³/mol. The van der Waals surface area contributed by atoms with E-state index in [1.165, 1.54) is 17.7 Å². The number of hydrogen-bond acceptors (Lipinski definition) is 4. The minimum absolute atomic E-state index is 0.0371. The van der Waals surface area contributed by atoms with Gasteiger partial charge in [0.25, 0.3) is 11.8 Å². The topological polar surface area (TPSA) is 96.3 Å². The molecule has 3 rings (SSSR count). The van der Waals surface area contributed by atoms with Crippen molar-refractivity contribution >= 4 is 23.4 Å². The lowest BCUT2D eigenvalue weighted by Crippen LogP contribution is -2.30. The van der Waals surface area contributed by atoms with Crippen LogP contribution in [0.5, 0.6) is 5.75 Å². The molecule has 162 valence electrons. The first kappa shape index (κ1) is 22.4. The molecule has 1 aromatic heterocycles. The van der Waals surface area contributed by atoms with Gasteiger partial charge >= 0.3 is 0 Å². The lowest BCUT2D eigenvalue weighted by Gasteiger charge is -2.08. The second-order valence-electron chi connectivity index (χ2n) is 7.31. The Balaban J connectivity index is 1.49. The van der Waals surface area contributed by atoms with Gasteiger partial charge in [0.05, 0.1) is 17.8 Å². The first-order valence-electron chi connectivity index (χ1n) is 9.99. The molecule has 0 saturated carbocycles. The summed E-state index contributed by atoms with van der Waals surface area (Å²) >= 11 is 6.43. The van der Waals surface area contributed by atoms with E-state index in [1.54, 1.807) is 23.7 Å². The number of phenols is 1. The Labute approximate surface area is 186 Å². The number of amides is 2. The van der Waals surface area contributed by atoms with Crippen molar-refractivity contribution in [2.45, 2.75) is 26.8 Å². The van der Waals surface area contributed by atoms with Crippen LogP contribution in [-0.2, 0) is 6.54 Å².